The standard InChI is InChI=1S/C17H14FNO2S/c1-22(20,21)14-9-10-17(19-11-14)16-4-2-3-15(16)12-5-7-13(18)8-6-12/h3-11H,2H2,1H3. The topological polar surface area (TPSA) is 47.0 Å². The number of aromatic nitrogens is 1. The van der Waals surface area contributed by atoms with Crippen molar-refractivity contribution in [2.24, 2.45) is 0 Å². The molecule has 0 saturated heterocycles. The van der Waals surface area contributed by atoms with Crippen LogP contribution in [0.4, 0.5) is 4.39 Å². The Kier molecular flexibility index (Phi) is 3.66. The first-order chi connectivity index (χ1) is 10.4. The molecule has 0 fully saturated rings. The molecular weight excluding hydrogens is 301 g/mol. The number of benzene rings is 1. The summed E-state index contributed by atoms with van der Waals surface area (Å²) in [4.78, 5) is 4.45. The van der Waals surface area contributed by atoms with Gasteiger partial charge < -0.3 is 0 Å². The van der Waals surface area contributed by atoms with Crippen molar-refractivity contribution in [3.8, 4) is 0 Å². The van der Waals surface area contributed by atoms with Crippen molar-refractivity contribution in [1.82, 2.24) is 4.98 Å². The van der Waals surface area contributed by atoms with Gasteiger partial charge in [0.1, 0.15) is 5.82 Å². The Balaban J connectivity index is 1.95. The van der Waals surface area contributed by atoms with E-state index in [1.165, 1.54) is 18.3 Å². The molecular formula is C17H14FNO2S. The molecule has 22 heavy (non-hydrogen) atoms. The first kappa shape index (κ1) is 14.7. The fraction of sp³-hybridized carbons (Fsp3) is 0.118. The highest BCUT2D eigenvalue weighted by Gasteiger charge is 2.16. The van der Waals surface area contributed by atoms with Gasteiger partial charge in [-0.2, -0.15) is 0 Å². The lowest BCUT2D eigenvalue weighted by Crippen LogP contribution is -1.99. The van der Waals surface area contributed by atoms with Gasteiger partial charge in [-0.3, -0.25) is 4.98 Å². The van der Waals surface area contributed by atoms with Crippen LogP contribution < -0.4 is 0 Å². The number of rotatable bonds is 3. The van der Waals surface area contributed by atoms with Gasteiger partial charge in [0.15, 0.2) is 9.84 Å². The van der Waals surface area contributed by atoms with Crippen LogP contribution in [0, 0.1) is 5.82 Å². The summed E-state index contributed by atoms with van der Waals surface area (Å²) in [7, 11) is -3.25. The predicted octanol–water partition coefficient (Wildman–Crippen LogP) is 3.49. The summed E-state index contributed by atoms with van der Waals surface area (Å²) in [6, 6.07) is 9.55. The van der Waals surface area contributed by atoms with Crippen LogP contribution in [0.1, 0.15) is 17.7 Å². The molecule has 1 heterocycles. The monoisotopic (exact) mass is 315 g/mol. The van der Waals surface area contributed by atoms with Gasteiger partial charge in [0.05, 0.1) is 10.6 Å². The SMILES string of the molecule is CS(=O)(=O)c1ccc(C2=CCC=C2c2ccc(F)cc2)nc1. The van der Waals surface area contributed by atoms with Crippen LogP contribution in [0.3, 0.4) is 0 Å². The molecule has 0 N–H and O–H groups in total. The van der Waals surface area contributed by atoms with E-state index in [0.717, 1.165) is 29.4 Å². The third-order valence-corrected chi connectivity index (χ3v) is 4.63. The Bertz CT molecular complexity index is 864. The molecule has 3 nitrogen and oxygen atoms in total. The molecule has 0 atom stereocenters. The smallest absolute Gasteiger partial charge is 0.177 e. The van der Waals surface area contributed by atoms with Gasteiger partial charge in [0, 0.05) is 18.0 Å². The minimum absolute atomic E-state index is 0.196. The van der Waals surface area contributed by atoms with Crippen LogP contribution in [0.5, 0.6) is 0 Å². The van der Waals surface area contributed by atoms with Gasteiger partial charge in [0.25, 0.3) is 0 Å². The van der Waals surface area contributed by atoms with Gasteiger partial charge >= 0.3 is 0 Å². The highest BCUT2D eigenvalue weighted by atomic mass is 32.2. The van der Waals surface area contributed by atoms with Crippen LogP contribution >= 0.6 is 0 Å². The maximum Gasteiger partial charge on any atom is 0.177 e. The minimum atomic E-state index is -3.25. The van der Waals surface area contributed by atoms with Crippen molar-refractivity contribution in [1.29, 1.82) is 0 Å². The maximum absolute atomic E-state index is 13.0. The van der Waals surface area contributed by atoms with Crippen LogP contribution in [-0.4, -0.2) is 19.7 Å². The molecule has 0 unspecified atom stereocenters. The molecule has 2 aromatic rings. The normalized spacial score (nSPS) is 14.6. The van der Waals surface area contributed by atoms with Crippen molar-refractivity contribution < 1.29 is 12.8 Å². The Labute approximate surface area is 128 Å². The van der Waals surface area contributed by atoms with Gasteiger partial charge in [-0.25, -0.2) is 12.8 Å². The van der Waals surface area contributed by atoms with E-state index in [1.54, 1.807) is 24.3 Å². The van der Waals surface area contributed by atoms with E-state index < -0.39 is 9.84 Å². The second-order valence-corrected chi connectivity index (χ2v) is 7.15. The molecule has 0 spiro atoms. The van der Waals surface area contributed by atoms with Crippen LogP contribution in [-0.2, 0) is 9.84 Å². The Morgan fingerprint density at radius 3 is 2.27 bits per heavy atom. The largest absolute Gasteiger partial charge is 0.255 e. The molecule has 1 aliphatic carbocycles. The first-order valence-corrected chi connectivity index (χ1v) is 8.67. The van der Waals surface area contributed by atoms with Crippen LogP contribution in [0.25, 0.3) is 11.1 Å². The summed E-state index contributed by atoms with van der Waals surface area (Å²) in [5.41, 5.74) is 3.55. The van der Waals surface area contributed by atoms with Crippen molar-refractivity contribution in [2.45, 2.75) is 11.3 Å². The van der Waals surface area contributed by atoms with E-state index in [9.17, 15) is 12.8 Å². The number of allylic oxidation sites excluding steroid dienone is 4. The molecule has 0 amide bonds. The number of halogens is 1. The summed E-state index contributed by atoms with van der Waals surface area (Å²) in [6.45, 7) is 0. The maximum atomic E-state index is 13.0. The minimum Gasteiger partial charge on any atom is -0.255 e. The van der Waals surface area contributed by atoms with Crippen molar-refractivity contribution >= 4 is 21.0 Å². The van der Waals surface area contributed by atoms with Crippen molar-refractivity contribution in [3.63, 3.8) is 0 Å². The summed E-state index contributed by atoms with van der Waals surface area (Å²) in [6.07, 6.45) is 7.38. The Hall–Kier alpha value is -2.27. The van der Waals surface area contributed by atoms with Gasteiger partial charge in [-0.05, 0) is 41.8 Å². The molecule has 0 radical (unpaired) electrons. The number of sulfone groups is 1. The Morgan fingerprint density at radius 1 is 1.00 bits per heavy atom. The highest BCUT2D eigenvalue weighted by molar-refractivity contribution is 7.90. The number of hydrogen-bond donors (Lipinski definition) is 0. The van der Waals surface area contributed by atoms with Gasteiger partial charge in [-0.1, -0.05) is 24.3 Å². The summed E-state index contributed by atoms with van der Waals surface area (Å²) < 4.78 is 36.0. The summed E-state index contributed by atoms with van der Waals surface area (Å²) >= 11 is 0. The number of hydrogen-bond acceptors (Lipinski definition) is 3. The van der Waals surface area contributed by atoms with E-state index >= 15 is 0 Å². The van der Waals surface area contributed by atoms with Gasteiger partial charge in [0.2, 0.25) is 0 Å². The second kappa shape index (κ2) is 5.50. The third-order valence-electron chi connectivity index (χ3n) is 3.53. The van der Waals surface area contributed by atoms with E-state index in [2.05, 4.69) is 11.1 Å². The summed E-state index contributed by atoms with van der Waals surface area (Å²) in [5.74, 6) is -0.275. The van der Waals surface area contributed by atoms with Crippen LogP contribution in [0.2, 0.25) is 0 Å². The average molecular weight is 315 g/mol. The zero-order valence-electron chi connectivity index (χ0n) is 12.0. The van der Waals surface area contributed by atoms with E-state index in [-0.39, 0.29) is 10.7 Å². The third kappa shape index (κ3) is 2.85. The van der Waals surface area contributed by atoms with Crippen molar-refractivity contribution in [3.05, 3.63) is 71.8 Å². The highest BCUT2D eigenvalue weighted by Crippen LogP contribution is 2.35. The molecule has 0 saturated carbocycles. The fourth-order valence-corrected chi connectivity index (χ4v) is 2.98. The Morgan fingerprint density at radius 2 is 1.68 bits per heavy atom. The molecule has 0 bridgehead atoms. The molecule has 3 rings (SSSR count). The lowest BCUT2D eigenvalue weighted by atomic mass is 9.98. The van der Waals surface area contributed by atoms with Crippen molar-refractivity contribution in [2.75, 3.05) is 6.26 Å². The van der Waals surface area contributed by atoms with E-state index in [4.69, 9.17) is 0 Å². The fourth-order valence-electron chi connectivity index (χ4n) is 2.42. The second-order valence-electron chi connectivity index (χ2n) is 5.13. The molecule has 0 aliphatic heterocycles. The van der Waals surface area contributed by atoms with Crippen LogP contribution in [0.15, 0.2) is 59.6 Å². The van der Waals surface area contributed by atoms with E-state index in [0.29, 0.717) is 5.69 Å². The molecule has 112 valence electrons. The summed E-state index contributed by atoms with van der Waals surface area (Å²) in [5, 5.41) is 0. The lowest BCUT2D eigenvalue weighted by Gasteiger charge is -2.09. The lowest BCUT2D eigenvalue weighted by molar-refractivity contribution is 0.601. The quantitative estimate of drug-likeness (QED) is 0.871. The molecule has 5 heteroatoms. The predicted molar refractivity (Wildman–Crippen MR) is 84.3 cm³/mol. The molecule has 1 aromatic heterocycles. The zero-order chi connectivity index (χ0) is 15.7. The molecule has 1 aromatic carbocycles. The van der Waals surface area contributed by atoms with E-state index in [1.807, 2.05) is 6.08 Å². The zero-order valence-corrected chi connectivity index (χ0v) is 12.8. The average Bonchev–Trinajstić information content (AvgIpc) is 2.97. The first-order valence-electron chi connectivity index (χ1n) is 6.78. The number of nitrogens with zero attached hydrogens (tertiary/aromatic N) is 1. The van der Waals surface area contributed by atoms with Gasteiger partial charge in [-0.15, -0.1) is 0 Å². The molecule has 1 aliphatic rings. The number of pyridine rings is 1.